The number of aromatic nitrogens is 2. The van der Waals surface area contributed by atoms with Crippen LogP contribution in [0.5, 0.6) is 0 Å². The standard InChI is InChI=1S/C6H3ClN2OS/c7-4-3-5(10)9-1-2-11-6(9)8-4/h1-3H. The predicted octanol–water partition coefficient (Wildman–Crippen LogP) is 1.41. The molecule has 2 aromatic rings. The maximum Gasteiger partial charge on any atom is 0.259 e. The van der Waals surface area contributed by atoms with Gasteiger partial charge in [-0.25, -0.2) is 4.98 Å². The van der Waals surface area contributed by atoms with Gasteiger partial charge in [0.05, 0.1) is 0 Å². The Morgan fingerprint density at radius 3 is 3.27 bits per heavy atom. The van der Waals surface area contributed by atoms with Crippen molar-refractivity contribution in [1.29, 1.82) is 0 Å². The molecule has 0 aliphatic heterocycles. The summed E-state index contributed by atoms with van der Waals surface area (Å²) < 4.78 is 1.45. The highest BCUT2D eigenvalue weighted by molar-refractivity contribution is 7.15. The third kappa shape index (κ3) is 1.04. The van der Waals surface area contributed by atoms with Gasteiger partial charge in [-0.15, -0.1) is 11.3 Å². The lowest BCUT2D eigenvalue weighted by atomic mass is 10.6. The third-order valence-corrected chi connectivity index (χ3v) is 2.22. The third-order valence-electron chi connectivity index (χ3n) is 1.27. The van der Waals surface area contributed by atoms with Gasteiger partial charge >= 0.3 is 0 Å². The van der Waals surface area contributed by atoms with Crippen molar-refractivity contribution in [2.45, 2.75) is 0 Å². The van der Waals surface area contributed by atoms with Gasteiger partial charge in [-0.2, -0.15) is 0 Å². The second-order valence-electron chi connectivity index (χ2n) is 1.97. The van der Waals surface area contributed by atoms with E-state index in [1.807, 2.05) is 0 Å². The van der Waals surface area contributed by atoms with E-state index in [2.05, 4.69) is 4.98 Å². The number of fused-ring (bicyclic) bond motifs is 1. The molecule has 0 atom stereocenters. The van der Waals surface area contributed by atoms with Gasteiger partial charge in [0.25, 0.3) is 5.56 Å². The zero-order valence-electron chi connectivity index (χ0n) is 5.32. The summed E-state index contributed by atoms with van der Waals surface area (Å²) in [6.07, 6.45) is 1.67. The van der Waals surface area contributed by atoms with Gasteiger partial charge in [0, 0.05) is 17.6 Å². The molecule has 5 heteroatoms. The Labute approximate surface area is 70.9 Å². The normalized spacial score (nSPS) is 10.6. The molecule has 0 aliphatic rings. The molecule has 0 unspecified atom stereocenters. The molecular formula is C6H3ClN2OS. The molecule has 0 bridgehead atoms. The molecule has 0 aromatic carbocycles. The van der Waals surface area contributed by atoms with E-state index in [1.54, 1.807) is 11.6 Å². The number of nitrogens with zero attached hydrogens (tertiary/aromatic N) is 2. The zero-order valence-corrected chi connectivity index (χ0v) is 6.89. The summed E-state index contributed by atoms with van der Waals surface area (Å²) >= 11 is 6.95. The van der Waals surface area contributed by atoms with Gasteiger partial charge in [-0.1, -0.05) is 11.6 Å². The molecule has 56 valence electrons. The second-order valence-corrected chi connectivity index (χ2v) is 3.23. The summed E-state index contributed by atoms with van der Waals surface area (Å²) in [5, 5.41) is 2.04. The van der Waals surface area contributed by atoms with Gasteiger partial charge in [0.1, 0.15) is 5.15 Å². The average Bonchev–Trinajstić information content (AvgIpc) is 2.34. The van der Waals surface area contributed by atoms with Crippen LogP contribution < -0.4 is 5.56 Å². The molecule has 0 radical (unpaired) electrons. The summed E-state index contributed by atoms with van der Waals surface area (Å²) in [6, 6.07) is 1.29. The first kappa shape index (κ1) is 6.82. The van der Waals surface area contributed by atoms with Crippen molar-refractivity contribution in [3.05, 3.63) is 33.2 Å². The Morgan fingerprint density at radius 2 is 2.45 bits per heavy atom. The Kier molecular flexibility index (Phi) is 1.44. The monoisotopic (exact) mass is 186 g/mol. The Balaban J connectivity index is 3.02. The van der Waals surface area contributed by atoms with Crippen LogP contribution in [0.15, 0.2) is 22.4 Å². The summed E-state index contributed by atoms with van der Waals surface area (Å²) in [4.78, 5) is 15.7. The Bertz CT molecular complexity index is 447. The van der Waals surface area contributed by atoms with Crippen LogP contribution >= 0.6 is 22.9 Å². The van der Waals surface area contributed by atoms with E-state index in [-0.39, 0.29) is 10.7 Å². The van der Waals surface area contributed by atoms with E-state index in [4.69, 9.17) is 11.6 Å². The fraction of sp³-hybridized carbons (Fsp3) is 0. The number of rotatable bonds is 0. The lowest BCUT2D eigenvalue weighted by molar-refractivity contribution is 1.08. The molecule has 11 heavy (non-hydrogen) atoms. The number of hydrogen-bond acceptors (Lipinski definition) is 3. The van der Waals surface area contributed by atoms with Crippen molar-refractivity contribution in [2.24, 2.45) is 0 Å². The van der Waals surface area contributed by atoms with E-state index in [0.29, 0.717) is 4.96 Å². The van der Waals surface area contributed by atoms with Gasteiger partial charge < -0.3 is 0 Å². The van der Waals surface area contributed by atoms with E-state index in [9.17, 15) is 4.79 Å². The minimum atomic E-state index is -0.138. The molecule has 3 nitrogen and oxygen atoms in total. The van der Waals surface area contributed by atoms with Crippen LogP contribution in [0.3, 0.4) is 0 Å². The van der Waals surface area contributed by atoms with Crippen LogP contribution in [0.1, 0.15) is 0 Å². The fourth-order valence-corrected chi connectivity index (χ4v) is 1.76. The minimum Gasteiger partial charge on any atom is -0.269 e. The van der Waals surface area contributed by atoms with Gasteiger partial charge in [0.2, 0.25) is 0 Å². The van der Waals surface area contributed by atoms with Gasteiger partial charge in [0.15, 0.2) is 4.96 Å². The highest BCUT2D eigenvalue weighted by atomic mass is 35.5. The Morgan fingerprint density at radius 1 is 1.64 bits per heavy atom. The molecule has 2 heterocycles. The maximum absolute atomic E-state index is 11.1. The molecule has 0 saturated heterocycles. The quantitative estimate of drug-likeness (QED) is 0.583. The molecule has 2 rings (SSSR count). The van der Waals surface area contributed by atoms with E-state index < -0.39 is 0 Å². The molecule has 0 N–H and O–H groups in total. The van der Waals surface area contributed by atoms with Crippen molar-refractivity contribution in [3.63, 3.8) is 0 Å². The van der Waals surface area contributed by atoms with Crippen molar-refractivity contribution in [1.82, 2.24) is 9.38 Å². The number of hydrogen-bond donors (Lipinski definition) is 0. The smallest absolute Gasteiger partial charge is 0.259 e. The van der Waals surface area contributed by atoms with Crippen molar-refractivity contribution in [2.75, 3.05) is 0 Å². The van der Waals surface area contributed by atoms with Gasteiger partial charge in [-0.05, 0) is 0 Å². The first-order valence-corrected chi connectivity index (χ1v) is 4.15. The largest absolute Gasteiger partial charge is 0.269 e. The molecule has 0 fully saturated rings. The first-order valence-electron chi connectivity index (χ1n) is 2.90. The van der Waals surface area contributed by atoms with Crippen molar-refractivity contribution < 1.29 is 0 Å². The van der Waals surface area contributed by atoms with Crippen LogP contribution in [0.25, 0.3) is 4.96 Å². The zero-order chi connectivity index (χ0) is 7.84. The summed E-state index contributed by atoms with van der Waals surface area (Å²) in [6.45, 7) is 0. The highest BCUT2D eigenvalue weighted by Gasteiger charge is 1.99. The molecule has 0 saturated carbocycles. The summed E-state index contributed by atoms with van der Waals surface area (Å²) in [7, 11) is 0. The lowest BCUT2D eigenvalue weighted by Crippen LogP contribution is -2.10. The summed E-state index contributed by atoms with van der Waals surface area (Å²) in [5.41, 5.74) is -0.138. The van der Waals surface area contributed by atoms with Crippen molar-refractivity contribution in [3.8, 4) is 0 Å². The molecule has 2 aromatic heterocycles. The van der Waals surface area contributed by atoms with E-state index >= 15 is 0 Å². The van der Waals surface area contributed by atoms with Crippen LogP contribution in [-0.2, 0) is 0 Å². The van der Waals surface area contributed by atoms with Crippen LogP contribution in [0.2, 0.25) is 5.15 Å². The maximum atomic E-state index is 11.1. The topological polar surface area (TPSA) is 34.4 Å². The SMILES string of the molecule is O=c1cc(Cl)nc2sccn12. The van der Waals surface area contributed by atoms with Gasteiger partial charge in [-0.3, -0.25) is 9.20 Å². The predicted molar refractivity (Wildman–Crippen MR) is 44.3 cm³/mol. The number of halogens is 1. The van der Waals surface area contributed by atoms with E-state index in [1.165, 1.54) is 21.8 Å². The Hall–Kier alpha value is -0.870. The molecular weight excluding hydrogens is 184 g/mol. The van der Waals surface area contributed by atoms with Crippen LogP contribution in [0, 0.1) is 0 Å². The molecule has 0 amide bonds. The van der Waals surface area contributed by atoms with Crippen molar-refractivity contribution >= 4 is 27.9 Å². The molecule has 0 spiro atoms. The summed E-state index contributed by atoms with van der Waals surface area (Å²) in [5.74, 6) is 0. The van der Waals surface area contributed by atoms with Crippen LogP contribution in [0.4, 0.5) is 0 Å². The average molecular weight is 187 g/mol. The first-order chi connectivity index (χ1) is 5.27. The fourth-order valence-electron chi connectivity index (χ4n) is 0.816. The van der Waals surface area contributed by atoms with Crippen LogP contribution in [-0.4, -0.2) is 9.38 Å². The second kappa shape index (κ2) is 2.32. The number of thiazole rings is 1. The highest BCUT2D eigenvalue weighted by Crippen LogP contribution is 2.08. The minimum absolute atomic E-state index is 0.138. The van der Waals surface area contributed by atoms with E-state index in [0.717, 1.165) is 0 Å². The lowest BCUT2D eigenvalue weighted by Gasteiger charge is -1.89. The molecule has 0 aliphatic carbocycles.